The Bertz CT molecular complexity index is 1050. The van der Waals surface area contributed by atoms with Crippen LogP contribution in [0.1, 0.15) is 43.9 Å². The largest absolute Gasteiger partial charge is 0.350 e. The predicted molar refractivity (Wildman–Crippen MR) is 146 cm³/mol. The lowest BCUT2D eigenvalue weighted by atomic mass is 10.0. The first-order valence-electron chi connectivity index (χ1n) is 12.1. The van der Waals surface area contributed by atoms with Gasteiger partial charge in [-0.3, -0.25) is 9.59 Å². The lowest BCUT2D eigenvalue weighted by Crippen LogP contribution is -2.54. The highest BCUT2D eigenvalue weighted by atomic mass is 32.2. The maximum absolute atomic E-state index is 13.6. The highest BCUT2D eigenvalue weighted by molar-refractivity contribution is 7.98. The third-order valence-corrected chi connectivity index (χ3v) is 6.57. The summed E-state index contributed by atoms with van der Waals surface area (Å²) in [6, 6.07) is 29.5. The van der Waals surface area contributed by atoms with Gasteiger partial charge in [0.15, 0.2) is 0 Å². The van der Waals surface area contributed by atoms with Crippen molar-refractivity contribution in [2.75, 3.05) is 5.75 Å². The third kappa shape index (κ3) is 9.25. The number of amides is 2. The molecule has 3 rings (SSSR count). The minimum absolute atomic E-state index is 0.000551. The van der Waals surface area contributed by atoms with Crippen LogP contribution in [-0.4, -0.2) is 34.0 Å². The summed E-state index contributed by atoms with van der Waals surface area (Å²) < 4.78 is 0. The van der Waals surface area contributed by atoms with Crippen molar-refractivity contribution in [3.05, 3.63) is 108 Å². The first-order valence-corrected chi connectivity index (χ1v) is 13.3. The number of carbonyl (C=O) groups excluding carboxylic acids is 2. The van der Waals surface area contributed by atoms with Gasteiger partial charge in [-0.2, -0.15) is 11.8 Å². The molecule has 0 heterocycles. The van der Waals surface area contributed by atoms with E-state index in [1.807, 2.05) is 99.6 Å². The van der Waals surface area contributed by atoms with E-state index < -0.39 is 6.04 Å². The Hall–Kier alpha value is -3.05. The van der Waals surface area contributed by atoms with Crippen LogP contribution < -0.4 is 5.32 Å². The van der Waals surface area contributed by atoms with E-state index in [0.717, 1.165) is 16.9 Å². The molecular weight excluding hydrogens is 452 g/mol. The van der Waals surface area contributed by atoms with Crippen LogP contribution in [0, 0.1) is 0 Å². The molecule has 0 saturated heterocycles. The van der Waals surface area contributed by atoms with Crippen molar-refractivity contribution in [3.63, 3.8) is 0 Å². The van der Waals surface area contributed by atoms with Gasteiger partial charge < -0.3 is 10.2 Å². The molecule has 0 saturated carbocycles. The van der Waals surface area contributed by atoms with E-state index in [4.69, 9.17) is 0 Å². The topological polar surface area (TPSA) is 49.4 Å². The van der Waals surface area contributed by atoms with Crippen LogP contribution in [0.3, 0.4) is 0 Å². The Labute approximate surface area is 214 Å². The zero-order valence-corrected chi connectivity index (χ0v) is 21.8. The maximum atomic E-state index is 13.6. The molecule has 3 aromatic carbocycles. The number of nitrogens with one attached hydrogen (secondary N) is 1. The van der Waals surface area contributed by atoms with Crippen molar-refractivity contribution in [1.29, 1.82) is 0 Å². The summed E-state index contributed by atoms with van der Waals surface area (Å²) in [5, 5.41) is 3.11. The van der Waals surface area contributed by atoms with Crippen molar-refractivity contribution < 1.29 is 9.59 Å². The number of hydrogen-bond donors (Lipinski definition) is 1. The van der Waals surface area contributed by atoms with Crippen molar-refractivity contribution in [2.24, 2.45) is 0 Å². The van der Waals surface area contributed by atoms with Crippen molar-refractivity contribution in [3.8, 4) is 0 Å². The van der Waals surface area contributed by atoms with Gasteiger partial charge in [0.2, 0.25) is 11.8 Å². The molecule has 0 unspecified atom stereocenters. The molecule has 1 N–H and O–H groups in total. The van der Waals surface area contributed by atoms with Crippen LogP contribution in [-0.2, 0) is 28.3 Å². The summed E-state index contributed by atoms with van der Waals surface area (Å²) in [6.07, 6.45) is 0.858. The van der Waals surface area contributed by atoms with E-state index >= 15 is 0 Å². The molecule has 35 heavy (non-hydrogen) atoms. The van der Waals surface area contributed by atoms with E-state index in [1.165, 1.54) is 5.56 Å². The quantitative estimate of drug-likeness (QED) is 0.344. The Morgan fingerprint density at radius 1 is 0.800 bits per heavy atom. The fraction of sp³-hybridized carbons (Fsp3) is 0.333. The summed E-state index contributed by atoms with van der Waals surface area (Å²) in [5.41, 5.74) is 2.90. The molecule has 2 amide bonds. The molecule has 1 atom stereocenters. The van der Waals surface area contributed by atoms with Gasteiger partial charge in [0.05, 0.1) is 0 Å². The molecule has 0 spiro atoms. The van der Waals surface area contributed by atoms with Crippen LogP contribution in [0.25, 0.3) is 0 Å². The van der Waals surface area contributed by atoms with Gasteiger partial charge in [0, 0.05) is 36.4 Å². The van der Waals surface area contributed by atoms with Crippen molar-refractivity contribution in [2.45, 2.75) is 57.5 Å². The van der Waals surface area contributed by atoms with Gasteiger partial charge in [-0.05, 0) is 37.5 Å². The Balaban J connectivity index is 1.79. The summed E-state index contributed by atoms with van der Waals surface area (Å²) >= 11 is 1.74. The monoisotopic (exact) mass is 488 g/mol. The first-order chi connectivity index (χ1) is 16.8. The summed E-state index contributed by atoms with van der Waals surface area (Å²) in [4.78, 5) is 28.9. The van der Waals surface area contributed by atoms with Crippen LogP contribution in [0.5, 0.6) is 0 Å². The molecule has 0 aliphatic heterocycles. The smallest absolute Gasteiger partial charge is 0.243 e. The molecule has 0 aromatic heterocycles. The standard InChI is InChI=1S/C30H36N2O2S/c1-30(2,3)31-29(34)27(21-24-13-7-4-8-14-24)32(22-25-15-9-5-10-16-25)28(33)19-20-35-23-26-17-11-6-12-18-26/h4-18,27H,19-23H2,1-3H3,(H,31,34)/t27-/m1/s1. The number of hydrogen-bond acceptors (Lipinski definition) is 3. The number of benzene rings is 3. The minimum atomic E-state index is -0.594. The van der Waals surface area contributed by atoms with Crippen LogP contribution >= 0.6 is 11.8 Å². The zero-order chi connectivity index (χ0) is 25.1. The molecular formula is C30H36N2O2S. The number of thioether (sulfide) groups is 1. The fourth-order valence-electron chi connectivity index (χ4n) is 3.85. The number of carbonyl (C=O) groups is 2. The van der Waals surface area contributed by atoms with E-state index in [2.05, 4.69) is 17.4 Å². The predicted octanol–water partition coefficient (Wildman–Crippen LogP) is 5.86. The second kappa shape index (κ2) is 13.1. The first kappa shape index (κ1) is 26.6. The SMILES string of the molecule is CC(C)(C)NC(=O)[C@@H](Cc1ccccc1)N(Cc1ccccc1)C(=O)CCSCc1ccccc1. The Kier molecular flexibility index (Phi) is 9.98. The normalized spacial score (nSPS) is 12.1. The lowest BCUT2D eigenvalue weighted by Gasteiger charge is -2.34. The molecule has 0 aliphatic carbocycles. The van der Waals surface area contributed by atoms with E-state index in [-0.39, 0.29) is 17.4 Å². The molecule has 184 valence electrons. The van der Waals surface area contributed by atoms with Crippen LogP contribution in [0.15, 0.2) is 91.0 Å². The van der Waals surface area contributed by atoms with Crippen LogP contribution in [0.4, 0.5) is 0 Å². The van der Waals surface area contributed by atoms with Gasteiger partial charge >= 0.3 is 0 Å². The summed E-state index contributed by atoms with van der Waals surface area (Å²) in [6.45, 7) is 6.30. The lowest BCUT2D eigenvalue weighted by molar-refractivity contribution is -0.141. The number of nitrogens with zero attached hydrogens (tertiary/aromatic N) is 1. The van der Waals surface area contributed by atoms with Gasteiger partial charge in [0.1, 0.15) is 6.04 Å². The third-order valence-electron chi connectivity index (χ3n) is 5.54. The second-order valence-corrected chi connectivity index (χ2v) is 10.8. The minimum Gasteiger partial charge on any atom is -0.350 e. The number of rotatable bonds is 11. The molecule has 5 heteroatoms. The second-order valence-electron chi connectivity index (χ2n) is 9.74. The zero-order valence-electron chi connectivity index (χ0n) is 20.9. The van der Waals surface area contributed by atoms with E-state index in [0.29, 0.717) is 25.1 Å². The molecule has 4 nitrogen and oxygen atoms in total. The summed E-state index contributed by atoms with van der Waals surface area (Å²) in [7, 11) is 0. The van der Waals surface area contributed by atoms with Gasteiger partial charge in [-0.25, -0.2) is 0 Å². The highest BCUT2D eigenvalue weighted by Crippen LogP contribution is 2.19. The average molecular weight is 489 g/mol. The van der Waals surface area contributed by atoms with Crippen LogP contribution in [0.2, 0.25) is 0 Å². The average Bonchev–Trinajstić information content (AvgIpc) is 2.84. The maximum Gasteiger partial charge on any atom is 0.243 e. The summed E-state index contributed by atoms with van der Waals surface area (Å²) in [5.74, 6) is 1.45. The van der Waals surface area contributed by atoms with Crippen molar-refractivity contribution in [1.82, 2.24) is 10.2 Å². The molecule has 0 radical (unpaired) electrons. The molecule has 0 aliphatic rings. The Morgan fingerprint density at radius 2 is 1.31 bits per heavy atom. The highest BCUT2D eigenvalue weighted by Gasteiger charge is 2.31. The van der Waals surface area contributed by atoms with E-state index in [9.17, 15) is 9.59 Å². The van der Waals surface area contributed by atoms with Crippen molar-refractivity contribution >= 4 is 23.6 Å². The van der Waals surface area contributed by atoms with E-state index in [1.54, 1.807) is 16.7 Å². The Morgan fingerprint density at radius 3 is 1.86 bits per heavy atom. The van der Waals surface area contributed by atoms with Gasteiger partial charge in [-0.1, -0.05) is 91.0 Å². The molecule has 0 fully saturated rings. The molecule has 3 aromatic rings. The fourth-order valence-corrected chi connectivity index (χ4v) is 4.75. The van der Waals surface area contributed by atoms with Gasteiger partial charge in [0.25, 0.3) is 0 Å². The molecule has 0 bridgehead atoms. The van der Waals surface area contributed by atoms with Gasteiger partial charge in [-0.15, -0.1) is 0 Å².